The first kappa shape index (κ1) is 18.3. The maximum absolute atomic E-state index is 5.88. The van der Waals surface area contributed by atoms with Gasteiger partial charge in [-0.15, -0.1) is 0 Å². The Bertz CT molecular complexity index is 995. The first-order valence-corrected chi connectivity index (χ1v) is 9.23. The van der Waals surface area contributed by atoms with Gasteiger partial charge in [0.05, 0.1) is 0 Å². The number of ether oxygens (including phenoxy) is 2. The molecule has 0 fully saturated rings. The van der Waals surface area contributed by atoms with E-state index in [1.54, 1.807) is 36.4 Å². The van der Waals surface area contributed by atoms with E-state index in [0.29, 0.717) is 33.6 Å². The van der Waals surface area contributed by atoms with Crippen molar-refractivity contribution in [1.82, 2.24) is 9.97 Å². The maximum Gasteiger partial charge on any atom is 0.220 e. The SMILES string of the molecule is Clc1cccc(Oc2ccc(-c3ccc(Oc4cccc(Cl)n4)cc3)cc2)n1. The molecule has 0 saturated carbocycles. The molecule has 4 aromatic rings. The average Bonchev–Trinajstić information content (AvgIpc) is 2.69. The van der Waals surface area contributed by atoms with Gasteiger partial charge in [0.25, 0.3) is 0 Å². The number of hydrogen-bond acceptors (Lipinski definition) is 4. The standard InChI is InChI=1S/C22H14Cl2N2O2/c23-19-3-1-5-21(25-19)27-17-11-7-15(8-12-17)16-9-13-18(14-10-16)28-22-6-2-4-20(24)26-22/h1-14H. The molecule has 28 heavy (non-hydrogen) atoms. The highest BCUT2D eigenvalue weighted by Crippen LogP contribution is 2.28. The zero-order valence-corrected chi connectivity index (χ0v) is 16.1. The Morgan fingerprint density at radius 1 is 0.500 bits per heavy atom. The Labute approximate surface area is 172 Å². The molecule has 0 radical (unpaired) electrons. The van der Waals surface area contributed by atoms with Crippen LogP contribution in [0.2, 0.25) is 10.3 Å². The van der Waals surface area contributed by atoms with Crippen LogP contribution in [0, 0.1) is 0 Å². The topological polar surface area (TPSA) is 44.2 Å². The van der Waals surface area contributed by atoms with Gasteiger partial charge in [0.2, 0.25) is 11.8 Å². The van der Waals surface area contributed by atoms with Crippen LogP contribution in [0.4, 0.5) is 0 Å². The predicted octanol–water partition coefficient (Wildman–Crippen LogP) is 7.04. The lowest BCUT2D eigenvalue weighted by Gasteiger charge is -2.08. The van der Waals surface area contributed by atoms with Crippen LogP contribution in [0.1, 0.15) is 0 Å². The zero-order chi connectivity index (χ0) is 19.3. The van der Waals surface area contributed by atoms with Gasteiger partial charge in [0.15, 0.2) is 0 Å². The summed E-state index contributed by atoms with van der Waals surface area (Å²) < 4.78 is 11.4. The van der Waals surface area contributed by atoms with Crippen molar-refractivity contribution in [2.75, 3.05) is 0 Å². The van der Waals surface area contributed by atoms with E-state index in [0.717, 1.165) is 11.1 Å². The lowest BCUT2D eigenvalue weighted by atomic mass is 10.1. The third kappa shape index (κ3) is 4.60. The van der Waals surface area contributed by atoms with Crippen LogP contribution in [0.25, 0.3) is 11.1 Å². The lowest BCUT2D eigenvalue weighted by molar-refractivity contribution is 0.462. The summed E-state index contributed by atoms with van der Waals surface area (Å²) in [7, 11) is 0. The molecule has 0 bridgehead atoms. The number of benzene rings is 2. The molecule has 2 heterocycles. The summed E-state index contributed by atoms with van der Waals surface area (Å²) in [5.41, 5.74) is 2.11. The zero-order valence-electron chi connectivity index (χ0n) is 14.5. The van der Waals surface area contributed by atoms with Crippen LogP contribution < -0.4 is 9.47 Å². The third-order valence-electron chi connectivity index (χ3n) is 3.87. The molecule has 0 saturated heterocycles. The van der Waals surface area contributed by atoms with Crippen molar-refractivity contribution >= 4 is 23.2 Å². The molecule has 0 atom stereocenters. The molecular weight excluding hydrogens is 395 g/mol. The molecule has 0 amide bonds. The largest absolute Gasteiger partial charge is 0.439 e. The molecule has 0 aliphatic carbocycles. The molecule has 2 aromatic carbocycles. The molecule has 0 aliphatic heterocycles. The number of aromatic nitrogens is 2. The first-order chi connectivity index (χ1) is 13.7. The predicted molar refractivity (Wildman–Crippen MR) is 111 cm³/mol. The van der Waals surface area contributed by atoms with Gasteiger partial charge in [-0.25, -0.2) is 9.97 Å². The van der Waals surface area contributed by atoms with Gasteiger partial charge < -0.3 is 9.47 Å². The van der Waals surface area contributed by atoms with Gasteiger partial charge in [-0.2, -0.15) is 0 Å². The average molecular weight is 409 g/mol. The number of nitrogens with zero attached hydrogens (tertiary/aromatic N) is 2. The van der Waals surface area contributed by atoms with Gasteiger partial charge in [0, 0.05) is 12.1 Å². The third-order valence-corrected chi connectivity index (χ3v) is 4.29. The fourth-order valence-corrected chi connectivity index (χ4v) is 2.88. The lowest BCUT2D eigenvalue weighted by Crippen LogP contribution is -1.89. The van der Waals surface area contributed by atoms with E-state index < -0.39 is 0 Å². The van der Waals surface area contributed by atoms with Crippen molar-refractivity contribution in [3.05, 3.63) is 95.2 Å². The molecule has 0 N–H and O–H groups in total. The summed E-state index contributed by atoms with van der Waals surface area (Å²) >= 11 is 11.8. The second-order valence-corrected chi connectivity index (χ2v) is 6.62. The van der Waals surface area contributed by atoms with Gasteiger partial charge in [-0.1, -0.05) is 59.6 Å². The molecule has 0 aliphatic rings. The van der Waals surface area contributed by atoms with Crippen molar-refractivity contribution in [3.8, 4) is 34.4 Å². The van der Waals surface area contributed by atoms with Crippen LogP contribution in [0.5, 0.6) is 23.3 Å². The Morgan fingerprint density at radius 2 is 0.893 bits per heavy atom. The molecule has 4 rings (SSSR count). The van der Waals surface area contributed by atoms with Crippen LogP contribution in [-0.4, -0.2) is 9.97 Å². The van der Waals surface area contributed by atoms with Gasteiger partial charge in [0.1, 0.15) is 21.8 Å². The first-order valence-electron chi connectivity index (χ1n) is 8.47. The highest BCUT2D eigenvalue weighted by molar-refractivity contribution is 6.29. The maximum atomic E-state index is 5.88. The molecule has 0 unspecified atom stereocenters. The van der Waals surface area contributed by atoms with Crippen LogP contribution in [0.3, 0.4) is 0 Å². The van der Waals surface area contributed by atoms with E-state index in [2.05, 4.69) is 9.97 Å². The molecular formula is C22H14Cl2N2O2. The fraction of sp³-hybridized carbons (Fsp3) is 0. The number of rotatable bonds is 5. The summed E-state index contributed by atoms with van der Waals surface area (Å²) in [4.78, 5) is 8.23. The van der Waals surface area contributed by atoms with E-state index in [9.17, 15) is 0 Å². The van der Waals surface area contributed by atoms with Crippen LogP contribution >= 0.6 is 23.2 Å². The van der Waals surface area contributed by atoms with Crippen molar-refractivity contribution in [3.63, 3.8) is 0 Å². The summed E-state index contributed by atoms with van der Waals surface area (Å²) in [6.45, 7) is 0. The monoisotopic (exact) mass is 408 g/mol. The van der Waals surface area contributed by atoms with Gasteiger partial charge in [-0.3, -0.25) is 0 Å². The highest BCUT2D eigenvalue weighted by Gasteiger charge is 2.04. The van der Waals surface area contributed by atoms with Crippen molar-refractivity contribution in [2.24, 2.45) is 0 Å². The summed E-state index contributed by atoms with van der Waals surface area (Å²) in [6, 6.07) is 26.0. The second-order valence-electron chi connectivity index (χ2n) is 5.85. The minimum Gasteiger partial charge on any atom is -0.439 e. The summed E-state index contributed by atoms with van der Waals surface area (Å²) in [5, 5.41) is 0.786. The number of pyridine rings is 2. The van der Waals surface area contributed by atoms with Crippen molar-refractivity contribution in [2.45, 2.75) is 0 Å². The number of hydrogen-bond donors (Lipinski definition) is 0. The Hall–Kier alpha value is -3.08. The smallest absolute Gasteiger partial charge is 0.220 e. The van der Waals surface area contributed by atoms with Crippen LogP contribution in [-0.2, 0) is 0 Å². The molecule has 0 spiro atoms. The van der Waals surface area contributed by atoms with E-state index >= 15 is 0 Å². The minimum absolute atomic E-state index is 0.393. The second kappa shape index (κ2) is 8.30. The summed E-state index contributed by atoms with van der Waals surface area (Å²) in [6.07, 6.45) is 0. The van der Waals surface area contributed by atoms with Crippen molar-refractivity contribution < 1.29 is 9.47 Å². The number of halogens is 2. The van der Waals surface area contributed by atoms with E-state index in [-0.39, 0.29) is 0 Å². The molecule has 4 nitrogen and oxygen atoms in total. The Morgan fingerprint density at radius 3 is 1.25 bits per heavy atom. The molecule has 138 valence electrons. The van der Waals surface area contributed by atoms with E-state index in [4.69, 9.17) is 32.7 Å². The van der Waals surface area contributed by atoms with Gasteiger partial charge >= 0.3 is 0 Å². The Kier molecular flexibility index (Phi) is 5.42. The normalized spacial score (nSPS) is 10.5. The van der Waals surface area contributed by atoms with Crippen molar-refractivity contribution in [1.29, 1.82) is 0 Å². The highest BCUT2D eigenvalue weighted by atomic mass is 35.5. The fourth-order valence-electron chi connectivity index (χ4n) is 2.57. The quantitative estimate of drug-likeness (QED) is 0.332. The summed E-state index contributed by atoms with van der Waals surface area (Å²) in [5.74, 6) is 2.28. The molecule has 2 aromatic heterocycles. The van der Waals surface area contributed by atoms with Crippen LogP contribution in [0.15, 0.2) is 84.9 Å². The Balaban J connectivity index is 1.45. The molecule has 6 heteroatoms. The van der Waals surface area contributed by atoms with Gasteiger partial charge in [-0.05, 0) is 47.5 Å². The minimum atomic E-state index is 0.393. The van der Waals surface area contributed by atoms with E-state index in [1.165, 1.54) is 0 Å². The van der Waals surface area contributed by atoms with E-state index in [1.807, 2.05) is 48.5 Å².